The molecule has 116 valence electrons. The van der Waals surface area contributed by atoms with Crippen LogP contribution in [0.15, 0.2) is 42.5 Å². The van der Waals surface area contributed by atoms with Gasteiger partial charge < -0.3 is 11.1 Å². The van der Waals surface area contributed by atoms with Gasteiger partial charge in [0.25, 0.3) is 5.91 Å². The normalized spacial score (nSPS) is 11.3. The first-order chi connectivity index (χ1) is 10.3. The summed E-state index contributed by atoms with van der Waals surface area (Å²) in [6, 6.07) is 8.62. The number of carbonyl (C=O) groups is 1. The highest BCUT2D eigenvalue weighted by Gasteiger charge is 2.32. The first kappa shape index (κ1) is 15.8. The smallest absolute Gasteiger partial charge is 0.381 e. The topological polar surface area (TPSA) is 55.1 Å². The van der Waals surface area contributed by atoms with Gasteiger partial charge in [-0.1, -0.05) is 18.2 Å². The van der Waals surface area contributed by atoms with Crippen LogP contribution in [0.4, 0.5) is 23.2 Å². The van der Waals surface area contributed by atoms with E-state index in [1.54, 1.807) is 0 Å². The van der Waals surface area contributed by atoms with Crippen LogP contribution in [0.2, 0.25) is 0 Å². The van der Waals surface area contributed by atoms with Crippen LogP contribution in [0.25, 0.3) is 0 Å². The molecule has 2 aromatic rings. The molecule has 0 saturated carbocycles. The van der Waals surface area contributed by atoms with Crippen molar-refractivity contribution in [1.29, 1.82) is 0 Å². The monoisotopic (exact) mass is 312 g/mol. The molecule has 7 heteroatoms. The third-order valence-corrected chi connectivity index (χ3v) is 3.04. The molecular formula is C15H12F4N2O. The van der Waals surface area contributed by atoms with E-state index in [2.05, 4.69) is 5.32 Å². The molecule has 0 fully saturated rings. The van der Waals surface area contributed by atoms with Crippen LogP contribution in [-0.2, 0) is 12.7 Å². The molecule has 0 radical (unpaired) electrons. The number of nitrogens with one attached hydrogen (secondary N) is 1. The SMILES string of the molecule is NC(=O)c1cc(NCc2ccccc2C(F)(F)F)ccc1F. The van der Waals surface area contributed by atoms with Crippen LogP contribution in [0.5, 0.6) is 0 Å². The minimum Gasteiger partial charge on any atom is -0.381 e. The Labute approximate surface area is 123 Å². The highest BCUT2D eigenvalue weighted by molar-refractivity contribution is 5.94. The van der Waals surface area contributed by atoms with Crippen molar-refractivity contribution in [2.45, 2.75) is 12.7 Å². The summed E-state index contributed by atoms with van der Waals surface area (Å²) >= 11 is 0. The van der Waals surface area contributed by atoms with Gasteiger partial charge >= 0.3 is 6.18 Å². The molecule has 0 aliphatic rings. The average Bonchev–Trinajstić information content (AvgIpc) is 2.45. The largest absolute Gasteiger partial charge is 0.416 e. The number of hydrogen-bond acceptors (Lipinski definition) is 2. The van der Waals surface area contributed by atoms with Crippen LogP contribution in [0.1, 0.15) is 21.5 Å². The molecule has 2 aromatic carbocycles. The highest BCUT2D eigenvalue weighted by Crippen LogP contribution is 2.32. The van der Waals surface area contributed by atoms with Crippen LogP contribution >= 0.6 is 0 Å². The minimum atomic E-state index is -4.46. The number of nitrogens with two attached hydrogens (primary N) is 1. The lowest BCUT2D eigenvalue weighted by Gasteiger charge is -2.14. The van der Waals surface area contributed by atoms with Gasteiger partial charge in [-0.2, -0.15) is 13.2 Å². The number of rotatable bonds is 4. The predicted molar refractivity (Wildman–Crippen MR) is 73.7 cm³/mol. The molecule has 0 heterocycles. The van der Waals surface area contributed by atoms with Gasteiger partial charge in [0.05, 0.1) is 11.1 Å². The summed E-state index contributed by atoms with van der Waals surface area (Å²) < 4.78 is 51.9. The lowest BCUT2D eigenvalue weighted by atomic mass is 10.1. The van der Waals surface area contributed by atoms with E-state index >= 15 is 0 Å². The maximum atomic E-state index is 13.3. The van der Waals surface area contributed by atoms with Crippen molar-refractivity contribution in [3.05, 3.63) is 65.0 Å². The predicted octanol–water partition coefficient (Wildman–Crippen LogP) is 3.56. The fourth-order valence-corrected chi connectivity index (χ4v) is 1.97. The Morgan fingerprint density at radius 3 is 2.45 bits per heavy atom. The van der Waals surface area contributed by atoms with E-state index in [1.165, 1.54) is 24.3 Å². The molecule has 0 aliphatic heterocycles. The van der Waals surface area contributed by atoms with E-state index in [1.807, 2.05) is 0 Å². The third kappa shape index (κ3) is 3.55. The summed E-state index contributed by atoms with van der Waals surface area (Å²) in [6.45, 7) is -0.125. The second-order valence-electron chi connectivity index (χ2n) is 4.57. The first-order valence-corrected chi connectivity index (χ1v) is 6.27. The van der Waals surface area contributed by atoms with Crippen LogP contribution in [-0.4, -0.2) is 5.91 Å². The zero-order chi connectivity index (χ0) is 16.3. The Balaban J connectivity index is 2.21. The van der Waals surface area contributed by atoms with Gasteiger partial charge in [-0.25, -0.2) is 4.39 Å². The number of amides is 1. The van der Waals surface area contributed by atoms with Gasteiger partial charge in [-0.3, -0.25) is 4.79 Å². The second kappa shape index (κ2) is 6.05. The van der Waals surface area contributed by atoms with E-state index < -0.39 is 23.5 Å². The summed E-state index contributed by atoms with van der Waals surface area (Å²) in [7, 11) is 0. The standard InChI is InChI=1S/C15H12F4N2O/c16-13-6-5-10(7-11(13)14(20)22)21-8-9-3-1-2-4-12(9)15(17,18)19/h1-7,21H,8H2,(H2,20,22). The Hall–Kier alpha value is -2.57. The molecule has 0 unspecified atom stereocenters. The molecule has 1 amide bonds. The fraction of sp³-hybridized carbons (Fsp3) is 0.133. The van der Waals surface area contributed by atoms with Crippen molar-refractivity contribution in [2.24, 2.45) is 5.73 Å². The molecule has 0 bridgehead atoms. The molecule has 0 aliphatic carbocycles. The van der Waals surface area contributed by atoms with Crippen LogP contribution in [0, 0.1) is 5.82 Å². The molecule has 3 nitrogen and oxygen atoms in total. The van der Waals surface area contributed by atoms with E-state index in [4.69, 9.17) is 5.73 Å². The fourth-order valence-electron chi connectivity index (χ4n) is 1.97. The number of primary amides is 1. The van der Waals surface area contributed by atoms with E-state index in [0.717, 1.165) is 18.2 Å². The van der Waals surface area contributed by atoms with Crippen LogP contribution in [0.3, 0.4) is 0 Å². The third-order valence-electron chi connectivity index (χ3n) is 3.04. The van der Waals surface area contributed by atoms with Crippen molar-refractivity contribution < 1.29 is 22.4 Å². The van der Waals surface area contributed by atoms with Gasteiger partial charge in [0.15, 0.2) is 0 Å². The van der Waals surface area contributed by atoms with E-state index in [-0.39, 0.29) is 17.7 Å². The Kier molecular flexibility index (Phi) is 4.35. The number of carbonyl (C=O) groups excluding carboxylic acids is 1. The van der Waals surface area contributed by atoms with Gasteiger partial charge in [-0.05, 0) is 29.8 Å². The quantitative estimate of drug-likeness (QED) is 0.848. The van der Waals surface area contributed by atoms with Crippen molar-refractivity contribution >= 4 is 11.6 Å². The maximum absolute atomic E-state index is 13.3. The van der Waals surface area contributed by atoms with Gasteiger partial charge in [0, 0.05) is 12.2 Å². The molecule has 0 spiro atoms. The van der Waals surface area contributed by atoms with Crippen molar-refractivity contribution in [3.8, 4) is 0 Å². The number of alkyl halides is 3. The first-order valence-electron chi connectivity index (χ1n) is 6.27. The van der Waals surface area contributed by atoms with Gasteiger partial charge in [-0.15, -0.1) is 0 Å². The maximum Gasteiger partial charge on any atom is 0.416 e. The lowest BCUT2D eigenvalue weighted by Crippen LogP contribution is -2.14. The van der Waals surface area contributed by atoms with Crippen molar-refractivity contribution in [1.82, 2.24) is 0 Å². The van der Waals surface area contributed by atoms with Gasteiger partial charge in [0.2, 0.25) is 0 Å². The Bertz CT molecular complexity index is 698. The second-order valence-corrected chi connectivity index (χ2v) is 4.57. The number of benzene rings is 2. The van der Waals surface area contributed by atoms with Crippen LogP contribution < -0.4 is 11.1 Å². The summed E-state index contributed by atoms with van der Waals surface area (Å²) in [4.78, 5) is 11.0. The molecule has 3 N–H and O–H groups in total. The molecule has 0 atom stereocenters. The van der Waals surface area contributed by atoms with E-state index in [0.29, 0.717) is 5.69 Å². The van der Waals surface area contributed by atoms with Crippen molar-refractivity contribution in [3.63, 3.8) is 0 Å². The molecule has 0 aromatic heterocycles. The molecular weight excluding hydrogens is 300 g/mol. The highest BCUT2D eigenvalue weighted by atomic mass is 19.4. The summed E-state index contributed by atoms with van der Waals surface area (Å²) in [5.74, 6) is -1.73. The number of halogens is 4. The van der Waals surface area contributed by atoms with E-state index in [9.17, 15) is 22.4 Å². The summed E-state index contributed by atoms with van der Waals surface area (Å²) in [6.07, 6.45) is -4.46. The van der Waals surface area contributed by atoms with Crippen molar-refractivity contribution in [2.75, 3.05) is 5.32 Å². The average molecular weight is 312 g/mol. The van der Waals surface area contributed by atoms with Gasteiger partial charge in [0.1, 0.15) is 5.82 Å². The summed E-state index contributed by atoms with van der Waals surface area (Å²) in [5, 5.41) is 2.72. The Morgan fingerprint density at radius 1 is 1.14 bits per heavy atom. The number of anilines is 1. The molecule has 2 rings (SSSR count). The number of hydrogen-bond donors (Lipinski definition) is 2. The zero-order valence-electron chi connectivity index (χ0n) is 11.2. The zero-order valence-corrected chi connectivity index (χ0v) is 11.2. The minimum absolute atomic E-state index is 0.0416. The summed E-state index contributed by atoms with van der Waals surface area (Å²) in [5.41, 5.74) is 4.28. The lowest BCUT2D eigenvalue weighted by molar-refractivity contribution is -0.138. The molecule has 0 saturated heterocycles. The Morgan fingerprint density at radius 2 is 1.82 bits per heavy atom. The molecule has 22 heavy (non-hydrogen) atoms.